The second-order valence-electron chi connectivity index (χ2n) is 14.9. The largest absolute Gasteiger partial charge is 0.417 e. The predicted octanol–water partition coefficient (Wildman–Crippen LogP) is 13.3. The minimum atomic E-state index is -4.44. The molecule has 1 fully saturated rings. The number of fused-ring (bicyclic) bond motifs is 2. The van der Waals surface area contributed by atoms with Gasteiger partial charge in [0.05, 0.1) is 5.56 Å². The summed E-state index contributed by atoms with van der Waals surface area (Å²) in [5, 5.41) is 2.62. The second-order valence-corrected chi connectivity index (χ2v) is 15.9. The summed E-state index contributed by atoms with van der Waals surface area (Å²) in [5.74, 6) is 0.548. The average Bonchev–Trinajstić information content (AvgIpc) is 3.27. The van der Waals surface area contributed by atoms with Crippen molar-refractivity contribution in [2.24, 2.45) is 5.41 Å². The minimum absolute atomic E-state index is 0.124. The van der Waals surface area contributed by atoms with E-state index in [4.69, 9.17) is 0 Å². The van der Waals surface area contributed by atoms with Crippen molar-refractivity contribution in [1.29, 1.82) is 0 Å². The zero-order chi connectivity index (χ0) is 31.8. The van der Waals surface area contributed by atoms with Crippen molar-refractivity contribution in [2.45, 2.75) is 98.6 Å². The maximum absolute atomic E-state index is 14.5. The molecule has 0 radical (unpaired) electrons. The topological polar surface area (TPSA) is 0 Å². The van der Waals surface area contributed by atoms with Gasteiger partial charge >= 0.3 is 6.18 Å². The van der Waals surface area contributed by atoms with Gasteiger partial charge in [-0.05, 0) is 137 Å². The third kappa shape index (κ3) is 5.49. The first kappa shape index (κ1) is 30.9. The number of hydrogen-bond acceptors (Lipinski definition) is 1. The standard InChI is InChI=1S/C40H43F3S/c1-23-19-28(26-15-17-39(7,8)18-16-26)20-24(2)34(23)36-25(3)35-32(40(41,42)43)14-13-31(37(35)44-36)29-21-27-11-9-10-12-30(27)33(22-29)38(4,5)6/h9-14,19-22,26H,15-18H2,1-8H3. The third-order valence-corrected chi connectivity index (χ3v) is 11.3. The van der Waals surface area contributed by atoms with E-state index in [1.54, 1.807) is 6.07 Å². The van der Waals surface area contributed by atoms with E-state index in [0.29, 0.717) is 21.4 Å². The number of rotatable bonds is 3. The van der Waals surface area contributed by atoms with Crippen molar-refractivity contribution in [3.05, 3.63) is 94.0 Å². The molecule has 230 valence electrons. The van der Waals surface area contributed by atoms with Crippen LogP contribution in [0, 0.1) is 26.2 Å². The number of halogens is 3. The highest BCUT2D eigenvalue weighted by atomic mass is 32.1. The summed E-state index contributed by atoms with van der Waals surface area (Å²) in [6.07, 6.45) is 0.382. The van der Waals surface area contributed by atoms with Crippen molar-refractivity contribution in [3.8, 4) is 21.6 Å². The molecule has 0 nitrogen and oxygen atoms in total. The summed E-state index contributed by atoms with van der Waals surface area (Å²) >= 11 is 1.52. The maximum atomic E-state index is 14.5. The monoisotopic (exact) mass is 612 g/mol. The normalized spacial score (nSPS) is 16.2. The average molecular weight is 613 g/mol. The van der Waals surface area contributed by atoms with Crippen LogP contribution in [0.25, 0.3) is 42.4 Å². The quantitative estimate of drug-likeness (QED) is 0.190. The first-order chi connectivity index (χ1) is 20.5. The first-order valence-electron chi connectivity index (χ1n) is 15.8. The van der Waals surface area contributed by atoms with E-state index in [0.717, 1.165) is 43.6 Å². The molecule has 0 saturated heterocycles. The van der Waals surface area contributed by atoms with Crippen LogP contribution >= 0.6 is 11.3 Å². The molecule has 0 bridgehead atoms. The first-order valence-corrected chi connectivity index (χ1v) is 16.7. The molecule has 1 aliphatic rings. The van der Waals surface area contributed by atoms with E-state index >= 15 is 0 Å². The van der Waals surface area contributed by atoms with Crippen LogP contribution in [-0.4, -0.2) is 0 Å². The van der Waals surface area contributed by atoms with Gasteiger partial charge in [0.15, 0.2) is 0 Å². The summed E-state index contributed by atoms with van der Waals surface area (Å²) in [5.41, 5.74) is 8.22. The predicted molar refractivity (Wildman–Crippen MR) is 183 cm³/mol. The zero-order valence-corrected chi connectivity index (χ0v) is 28.0. The lowest BCUT2D eigenvalue weighted by molar-refractivity contribution is -0.136. The lowest BCUT2D eigenvalue weighted by Crippen LogP contribution is -2.20. The van der Waals surface area contributed by atoms with Crippen LogP contribution in [0.2, 0.25) is 0 Å². The van der Waals surface area contributed by atoms with Crippen LogP contribution in [0.1, 0.15) is 99.6 Å². The van der Waals surface area contributed by atoms with Gasteiger partial charge in [-0.2, -0.15) is 13.2 Å². The minimum Gasteiger partial charge on any atom is -0.166 e. The lowest BCUT2D eigenvalue weighted by atomic mass is 9.71. The fourth-order valence-electron chi connectivity index (χ4n) is 7.47. The molecule has 5 aromatic rings. The van der Waals surface area contributed by atoms with E-state index in [2.05, 4.69) is 84.9 Å². The molecule has 44 heavy (non-hydrogen) atoms. The molecular weight excluding hydrogens is 570 g/mol. The molecule has 0 amide bonds. The Morgan fingerprint density at radius 1 is 0.795 bits per heavy atom. The zero-order valence-electron chi connectivity index (χ0n) is 27.2. The summed E-state index contributed by atoms with van der Waals surface area (Å²) in [6.45, 7) is 17.4. The highest BCUT2D eigenvalue weighted by Gasteiger charge is 2.35. The highest BCUT2D eigenvalue weighted by molar-refractivity contribution is 7.23. The van der Waals surface area contributed by atoms with Gasteiger partial charge in [0.2, 0.25) is 0 Å². The van der Waals surface area contributed by atoms with Crippen molar-refractivity contribution in [2.75, 3.05) is 0 Å². The van der Waals surface area contributed by atoms with E-state index in [9.17, 15) is 13.2 Å². The van der Waals surface area contributed by atoms with Crippen LogP contribution in [-0.2, 0) is 11.6 Å². The van der Waals surface area contributed by atoms with E-state index in [-0.39, 0.29) is 5.41 Å². The van der Waals surface area contributed by atoms with Gasteiger partial charge < -0.3 is 0 Å². The number of thiophene rings is 1. The van der Waals surface area contributed by atoms with Gasteiger partial charge in [0.25, 0.3) is 0 Å². The molecule has 1 saturated carbocycles. The Kier molecular flexibility index (Phi) is 7.55. The number of benzene rings is 4. The molecular formula is C40H43F3S. The van der Waals surface area contributed by atoms with Crippen molar-refractivity contribution < 1.29 is 13.2 Å². The van der Waals surface area contributed by atoms with Crippen molar-refractivity contribution >= 4 is 32.2 Å². The molecule has 0 atom stereocenters. The molecule has 0 aliphatic heterocycles. The van der Waals surface area contributed by atoms with Crippen LogP contribution in [0.4, 0.5) is 13.2 Å². The van der Waals surface area contributed by atoms with E-state index in [1.165, 1.54) is 59.6 Å². The fraction of sp³-hybridized carbons (Fsp3) is 0.400. The van der Waals surface area contributed by atoms with Gasteiger partial charge in [-0.15, -0.1) is 11.3 Å². The van der Waals surface area contributed by atoms with Gasteiger partial charge in [-0.25, -0.2) is 0 Å². The van der Waals surface area contributed by atoms with Gasteiger partial charge in [0, 0.05) is 15.0 Å². The Morgan fingerprint density at radius 2 is 1.43 bits per heavy atom. The Morgan fingerprint density at radius 3 is 2.05 bits per heavy atom. The molecule has 1 aliphatic carbocycles. The molecule has 1 aromatic heterocycles. The molecule has 4 aromatic carbocycles. The molecule has 1 heterocycles. The number of alkyl halides is 3. The maximum Gasteiger partial charge on any atom is 0.417 e. The van der Waals surface area contributed by atoms with E-state index in [1.807, 2.05) is 19.1 Å². The van der Waals surface area contributed by atoms with E-state index < -0.39 is 11.7 Å². The highest BCUT2D eigenvalue weighted by Crippen LogP contribution is 2.50. The molecule has 4 heteroatoms. The third-order valence-electron chi connectivity index (χ3n) is 9.96. The van der Waals surface area contributed by atoms with Crippen LogP contribution in [0.3, 0.4) is 0 Å². The Balaban J connectivity index is 1.56. The van der Waals surface area contributed by atoms with Gasteiger partial charge in [-0.3, -0.25) is 0 Å². The second kappa shape index (κ2) is 10.8. The van der Waals surface area contributed by atoms with Crippen LogP contribution in [0.15, 0.2) is 60.7 Å². The Bertz CT molecular complexity index is 1860. The Hall–Kier alpha value is -3.11. The van der Waals surface area contributed by atoms with Crippen LogP contribution in [0.5, 0.6) is 0 Å². The van der Waals surface area contributed by atoms with Gasteiger partial charge in [0.1, 0.15) is 0 Å². The van der Waals surface area contributed by atoms with Crippen LogP contribution < -0.4 is 0 Å². The van der Waals surface area contributed by atoms with Gasteiger partial charge in [-0.1, -0.05) is 77.1 Å². The van der Waals surface area contributed by atoms with Crippen molar-refractivity contribution in [1.82, 2.24) is 0 Å². The summed E-state index contributed by atoms with van der Waals surface area (Å²) < 4.78 is 44.4. The number of aryl methyl sites for hydroxylation is 3. The smallest absolute Gasteiger partial charge is 0.166 e. The Labute approximate surface area is 264 Å². The molecule has 0 unspecified atom stereocenters. The number of hydrogen-bond donors (Lipinski definition) is 0. The fourth-order valence-corrected chi connectivity index (χ4v) is 9.01. The SMILES string of the molecule is Cc1cc(C2CCC(C)(C)CC2)cc(C)c1-c1sc2c(-c3cc(C(C)(C)C)c4ccccc4c3)ccc(C(F)(F)F)c2c1C. The summed E-state index contributed by atoms with van der Waals surface area (Å²) in [6, 6.07) is 20.2. The molecule has 0 N–H and O–H groups in total. The summed E-state index contributed by atoms with van der Waals surface area (Å²) in [7, 11) is 0. The van der Waals surface area contributed by atoms with Crippen molar-refractivity contribution in [3.63, 3.8) is 0 Å². The molecule has 0 spiro atoms. The molecule has 6 rings (SSSR count). The lowest BCUT2D eigenvalue weighted by Gasteiger charge is -2.35. The summed E-state index contributed by atoms with van der Waals surface area (Å²) in [4.78, 5) is 0.945.